The van der Waals surface area contributed by atoms with Gasteiger partial charge in [-0.15, -0.1) is 0 Å². The van der Waals surface area contributed by atoms with Gasteiger partial charge in [-0.25, -0.2) is 9.40 Å². The first-order valence-corrected chi connectivity index (χ1v) is 12.0. The number of imide groups is 1. The number of carbonyl (C=O) groups excluding carboxylic acids is 4. The number of carbonyl (C=O) groups is 4. The van der Waals surface area contributed by atoms with E-state index in [1.807, 2.05) is 0 Å². The highest BCUT2D eigenvalue weighted by Gasteiger charge is 2.46. The van der Waals surface area contributed by atoms with Gasteiger partial charge in [-0.2, -0.15) is 5.01 Å². The molecule has 0 N–H and O–H groups in total. The van der Waals surface area contributed by atoms with Crippen molar-refractivity contribution >= 4 is 93.1 Å². The van der Waals surface area contributed by atoms with Crippen molar-refractivity contribution in [1.82, 2.24) is 10.0 Å². The van der Waals surface area contributed by atoms with Crippen LogP contribution in [-0.2, 0) is 0 Å². The van der Waals surface area contributed by atoms with Gasteiger partial charge in [0.1, 0.15) is 12.4 Å². The van der Waals surface area contributed by atoms with Crippen LogP contribution < -0.4 is 0 Å². The summed E-state index contributed by atoms with van der Waals surface area (Å²) in [6.45, 7) is -0.799. The molecule has 13 heteroatoms. The number of Topliss-reactive ketones (excluding diaryl/α,β-unsaturated/α-hetero) is 1. The van der Waals surface area contributed by atoms with Gasteiger partial charge >= 0.3 is 0 Å². The third-order valence-corrected chi connectivity index (χ3v) is 7.72. The minimum atomic E-state index is -1.07. The molecule has 1 aliphatic rings. The van der Waals surface area contributed by atoms with Crippen molar-refractivity contribution in [3.05, 3.63) is 101 Å². The number of benzene rings is 3. The predicted octanol–water partition coefficient (Wildman–Crippen LogP) is 7.28. The molecule has 0 fully saturated rings. The van der Waals surface area contributed by atoms with E-state index in [1.54, 1.807) is 0 Å². The summed E-state index contributed by atoms with van der Waals surface area (Å²) in [7, 11) is 0. The summed E-state index contributed by atoms with van der Waals surface area (Å²) in [5.41, 5.74) is -0.854. The molecule has 0 saturated heterocycles. The molecule has 3 aromatic rings. The number of halogens is 7. The molecule has 184 valence electrons. The van der Waals surface area contributed by atoms with Gasteiger partial charge in [0.25, 0.3) is 17.7 Å². The molecule has 0 aromatic heterocycles. The Kier molecular flexibility index (Phi) is 7.53. The number of hydrogen-bond donors (Lipinski definition) is 0. The zero-order chi connectivity index (χ0) is 26.5. The van der Waals surface area contributed by atoms with Crippen molar-refractivity contribution in [2.24, 2.45) is 0 Å². The molecular formula is C23H9Cl6FN2O4. The van der Waals surface area contributed by atoms with Crippen LogP contribution in [0.5, 0.6) is 0 Å². The molecule has 0 aliphatic carbocycles. The van der Waals surface area contributed by atoms with Crippen molar-refractivity contribution in [1.29, 1.82) is 0 Å². The third-order valence-electron chi connectivity index (χ3n) is 5.18. The highest BCUT2D eigenvalue weighted by molar-refractivity contribution is 6.55. The van der Waals surface area contributed by atoms with E-state index in [0.29, 0.717) is 10.0 Å². The second-order valence-corrected chi connectivity index (χ2v) is 9.68. The van der Waals surface area contributed by atoms with Gasteiger partial charge in [-0.05, 0) is 42.5 Å². The monoisotopic (exact) mass is 606 g/mol. The van der Waals surface area contributed by atoms with Crippen LogP contribution in [0.1, 0.15) is 41.4 Å². The van der Waals surface area contributed by atoms with Crippen LogP contribution >= 0.6 is 69.6 Å². The van der Waals surface area contributed by atoms with Crippen molar-refractivity contribution in [2.75, 3.05) is 6.54 Å². The Bertz CT molecular complexity index is 1430. The standard InChI is InChI=1S/C23H9Cl6FN2O4/c24-12-6-3-10(7-13(12)25)21(34)31(8-14(33)9-1-4-11(30)5-2-9)32-22(35)15-16(23(32)36)18(27)20(29)19(28)17(15)26/h1-7H,8H2. The normalized spacial score (nSPS) is 12.7. The number of amides is 3. The number of hydrogen-bond acceptors (Lipinski definition) is 4. The average molecular weight is 609 g/mol. The molecule has 3 amide bonds. The third kappa shape index (κ3) is 4.56. The Morgan fingerprint density at radius 3 is 1.72 bits per heavy atom. The van der Waals surface area contributed by atoms with Crippen molar-refractivity contribution in [2.45, 2.75) is 0 Å². The molecule has 1 aliphatic heterocycles. The number of ketones is 1. The maximum Gasteiger partial charge on any atom is 0.282 e. The van der Waals surface area contributed by atoms with Crippen LogP contribution in [0.15, 0.2) is 42.5 Å². The largest absolute Gasteiger partial charge is 0.292 e. The van der Waals surface area contributed by atoms with Crippen molar-refractivity contribution in [3.8, 4) is 0 Å². The summed E-state index contributed by atoms with van der Waals surface area (Å²) < 4.78 is 13.3. The second kappa shape index (κ2) is 10.2. The molecule has 0 spiro atoms. The van der Waals surface area contributed by atoms with E-state index in [9.17, 15) is 23.6 Å². The van der Waals surface area contributed by atoms with Gasteiger partial charge in [0.15, 0.2) is 5.78 Å². The lowest BCUT2D eigenvalue weighted by Gasteiger charge is -2.29. The van der Waals surface area contributed by atoms with E-state index < -0.39 is 35.9 Å². The van der Waals surface area contributed by atoms with Gasteiger partial charge < -0.3 is 0 Å². The van der Waals surface area contributed by atoms with Crippen LogP contribution in [0.2, 0.25) is 30.1 Å². The van der Waals surface area contributed by atoms with Crippen LogP contribution in [0.25, 0.3) is 0 Å². The van der Waals surface area contributed by atoms with Crippen LogP contribution in [0, 0.1) is 5.82 Å². The van der Waals surface area contributed by atoms with Gasteiger partial charge in [0.2, 0.25) is 0 Å². The fraction of sp³-hybridized carbons (Fsp3) is 0.0435. The Morgan fingerprint density at radius 2 is 1.22 bits per heavy atom. The second-order valence-electron chi connectivity index (χ2n) is 7.35. The zero-order valence-corrected chi connectivity index (χ0v) is 22.0. The fourth-order valence-corrected chi connectivity index (χ4v) is 4.74. The Balaban J connectivity index is 1.83. The number of fused-ring (bicyclic) bond motifs is 1. The lowest BCUT2D eigenvalue weighted by molar-refractivity contribution is 0.00532. The van der Waals surface area contributed by atoms with Gasteiger partial charge in [0.05, 0.1) is 41.3 Å². The van der Waals surface area contributed by atoms with Gasteiger partial charge in [-0.3, -0.25) is 19.2 Å². The van der Waals surface area contributed by atoms with E-state index in [2.05, 4.69) is 0 Å². The van der Waals surface area contributed by atoms with Crippen LogP contribution in [0.3, 0.4) is 0 Å². The number of hydrazine groups is 1. The highest BCUT2D eigenvalue weighted by atomic mass is 35.5. The van der Waals surface area contributed by atoms with Gasteiger partial charge in [-0.1, -0.05) is 69.6 Å². The first kappa shape index (κ1) is 26.7. The summed E-state index contributed by atoms with van der Waals surface area (Å²) >= 11 is 36.4. The summed E-state index contributed by atoms with van der Waals surface area (Å²) in [4.78, 5) is 53.2. The Hall–Kier alpha value is -2.39. The highest BCUT2D eigenvalue weighted by Crippen LogP contribution is 2.45. The summed E-state index contributed by atoms with van der Waals surface area (Å²) in [5.74, 6) is -4.40. The maximum absolute atomic E-state index is 13.5. The fourth-order valence-electron chi connectivity index (χ4n) is 3.43. The first-order chi connectivity index (χ1) is 16.9. The number of rotatable bonds is 5. The Morgan fingerprint density at radius 1 is 0.722 bits per heavy atom. The molecule has 0 unspecified atom stereocenters. The topological polar surface area (TPSA) is 74.8 Å². The Labute approximate surface area is 232 Å². The van der Waals surface area contributed by atoms with Crippen LogP contribution in [0.4, 0.5) is 4.39 Å². The predicted molar refractivity (Wildman–Crippen MR) is 135 cm³/mol. The SMILES string of the molecule is O=C(CN(C(=O)c1ccc(Cl)c(Cl)c1)N1C(=O)c2c(Cl)c(Cl)c(Cl)c(Cl)c2C1=O)c1ccc(F)cc1. The first-order valence-electron chi connectivity index (χ1n) is 9.74. The lowest BCUT2D eigenvalue weighted by atomic mass is 10.1. The molecular weight excluding hydrogens is 600 g/mol. The molecule has 4 rings (SSSR count). The molecule has 0 radical (unpaired) electrons. The van der Waals surface area contributed by atoms with Crippen molar-refractivity contribution < 1.29 is 23.6 Å². The maximum atomic E-state index is 13.5. The minimum absolute atomic E-state index is 0.0133. The molecule has 6 nitrogen and oxygen atoms in total. The average Bonchev–Trinajstić information content (AvgIpc) is 3.11. The summed E-state index contributed by atoms with van der Waals surface area (Å²) in [5, 5.41) is -0.0664. The molecule has 1 heterocycles. The zero-order valence-electron chi connectivity index (χ0n) is 17.4. The minimum Gasteiger partial charge on any atom is -0.292 e. The van der Waals surface area contributed by atoms with Gasteiger partial charge in [0, 0.05) is 11.1 Å². The van der Waals surface area contributed by atoms with E-state index in [4.69, 9.17) is 69.6 Å². The van der Waals surface area contributed by atoms with E-state index in [-0.39, 0.29) is 52.4 Å². The summed E-state index contributed by atoms with van der Waals surface area (Å²) in [6, 6.07) is 8.29. The molecule has 36 heavy (non-hydrogen) atoms. The number of nitrogens with zero attached hydrogens (tertiary/aromatic N) is 2. The smallest absolute Gasteiger partial charge is 0.282 e. The summed E-state index contributed by atoms with van der Waals surface area (Å²) in [6.07, 6.45) is 0. The van der Waals surface area contributed by atoms with Crippen LogP contribution in [-0.4, -0.2) is 40.1 Å². The quantitative estimate of drug-likeness (QED) is 0.132. The van der Waals surface area contributed by atoms with E-state index in [1.165, 1.54) is 30.3 Å². The van der Waals surface area contributed by atoms with Crippen molar-refractivity contribution in [3.63, 3.8) is 0 Å². The van der Waals surface area contributed by atoms with E-state index >= 15 is 0 Å². The molecule has 0 saturated carbocycles. The lowest BCUT2D eigenvalue weighted by Crippen LogP contribution is -2.51. The molecule has 0 atom stereocenters. The molecule has 0 bridgehead atoms. The van der Waals surface area contributed by atoms with E-state index in [0.717, 1.165) is 12.1 Å². The molecule has 3 aromatic carbocycles.